The summed E-state index contributed by atoms with van der Waals surface area (Å²) in [4.78, 5) is 33.6. The van der Waals surface area contributed by atoms with Crippen LogP contribution in [0.5, 0.6) is 0 Å². The maximum atomic E-state index is 12.0. The zero-order chi connectivity index (χ0) is 21.1. The highest BCUT2D eigenvalue weighted by atomic mass is 32.1. The smallest absolute Gasteiger partial charge is 0.160 e. The Kier molecular flexibility index (Phi) is 6.91. The number of ketones is 1. The highest BCUT2D eigenvalue weighted by Crippen LogP contribution is 2.27. The molecule has 1 aromatic carbocycles. The predicted molar refractivity (Wildman–Crippen MR) is 127 cm³/mol. The first-order valence-corrected chi connectivity index (χ1v) is 9.76. The van der Waals surface area contributed by atoms with Crippen molar-refractivity contribution in [2.75, 3.05) is 11.9 Å². The van der Waals surface area contributed by atoms with E-state index in [9.17, 15) is 4.79 Å². The second-order valence-electron chi connectivity index (χ2n) is 7.25. The SMILES string of the molecule is CC(=O)c1ccnc2c([C@H](C)CNc3cc(-c4cnc(C)nc4)ncn3)cccc12.S. The fraction of sp³-hybridized carbons (Fsp3) is 0.217. The van der Waals surface area contributed by atoms with E-state index in [1.54, 1.807) is 31.6 Å². The Morgan fingerprint density at radius 1 is 1.06 bits per heavy atom. The van der Waals surface area contributed by atoms with Gasteiger partial charge in [-0.25, -0.2) is 19.9 Å². The monoisotopic (exact) mass is 432 g/mol. The quantitative estimate of drug-likeness (QED) is 0.453. The molecule has 31 heavy (non-hydrogen) atoms. The third-order valence-electron chi connectivity index (χ3n) is 5.05. The lowest BCUT2D eigenvalue weighted by atomic mass is 9.95. The first-order chi connectivity index (χ1) is 14.5. The number of benzene rings is 1. The number of para-hydroxylation sites is 1. The minimum Gasteiger partial charge on any atom is -0.369 e. The van der Waals surface area contributed by atoms with Gasteiger partial charge in [-0.05, 0) is 25.5 Å². The number of carbonyl (C=O) groups excluding carboxylic acids is 1. The van der Waals surface area contributed by atoms with Gasteiger partial charge in [0, 0.05) is 53.6 Å². The van der Waals surface area contributed by atoms with Crippen LogP contribution in [0, 0.1) is 6.92 Å². The van der Waals surface area contributed by atoms with E-state index in [0.717, 1.165) is 39.4 Å². The highest BCUT2D eigenvalue weighted by molar-refractivity contribution is 7.59. The Morgan fingerprint density at radius 2 is 1.84 bits per heavy atom. The van der Waals surface area contributed by atoms with Gasteiger partial charge >= 0.3 is 0 Å². The Labute approximate surface area is 187 Å². The van der Waals surface area contributed by atoms with Crippen molar-refractivity contribution in [1.29, 1.82) is 0 Å². The van der Waals surface area contributed by atoms with Gasteiger partial charge in [-0.1, -0.05) is 25.1 Å². The molecule has 0 radical (unpaired) electrons. The molecule has 0 amide bonds. The van der Waals surface area contributed by atoms with Crippen molar-refractivity contribution in [3.8, 4) is 11.3 Å². The molecule has 8 heteroatoms. The Balaban J connectivity index is 0.00000272. The van der Waals surface area contributed by atoms with Gasteiger partial charge in [0.25, 0.3) is 0 Å². The molecule has 7 nitrogen and oxygen atoms in total. The number of fused-ring (bicyclic) bond motifs is 1. The normalized spacial score (nSPS) is 11.6. The Bertz CT molecular complexity index is 1210. The first-order valence-electron chi connectivity index (χ1n) is 9.76. The number of anilines is 1. The number of pyridine rings is 1. The zero-order valence-electron chi connectivity index (χ0n) is 17.6. The third-order valence-corrected chi connectivity index (χ3v) is 5.05. The average Bonchev–Trinajstić information content (AvgIpc) is 2.77. The molecular formula is C23H24N6OS. The van der Waals surface area contributed by atoms with Crippen LogP contribution in [0.15, 0.2) is 55.2 Å². The summed E-state index contributed by atoms with van der Waals surface area (Å²) in [6.45, 7) is 6.21. The molecule has 0 fully saturated rings. The lowest BCUT2D eigenvalue weighted by Gasteiger charge is -2.16. The second kappa shape index (κ2) is 9.61. The van der Waals surface area contributed by atoms with E-state index in [4.69, 9.17) is 0 Å². The minimum atomic E-state index is 0. The largest absolute Gasteiger partial charge is 0.369 e. The number of carbonyl (C=O) groups is 1. The molecule has 158 valence electrons. The van der Waals surface area contributed by atoms with Crippen LogP contribution in [0.1, 0.15) is 41.5 Å². The van der Waals surface area contributed by atoms with E-state index in [2.05, 4.69) is 43.2 Å². The molecule has 3 aromatic heterocycles. The molecule has 4 aromatic rings. The number of hydrogen-bond donors (Lipinski definition) is 1. The fourth-order valence-electron chi connectivity index (χ4n) is 3.41. The summed E-state index contributed by atoms with van der Waals surface area (Å²) in [5, 5.41) is 4.27. The summed E-state index contributed by atoms with van der Waals surface area (Å²) in [5.41, 5.74) is 4.25. The summed E-state index contributed by atoms with van der Waals surface area (Å²) < 4.78 is 0. The molecule has 0 aliphatic carbocycles. The van der Waals surface area contributed by atoms with E-state index in [0.29, 0.717) is 12.1 Å². The van der Waals surface area contributed by atoms with Gasteiger partial charge in [0.05, 0.1) is 11.2 Å². The second-order valence-corrected chi connectivity index (χ2v) is 7.25. The van der Waals surface area contributed by atoms with E-state index in [1.807, 2.05) is 25.1 Å². The number of rotatable bonds is 6. The summed E-state index contributed by atoms with van der Waals surface area (Å²) >= 11 is 0. The van der Waals surface area contributed by atoms with Gasteiger partial charge in [0.2, 0.25) is 0 Å². The van der Waals surface area contributed by atoms with Gasteiger partial charge in [0.1, 0.15) is 18.0 Å². The minimum absolute atomic E-state index is 0. The fourth-order valence-corrected chi connectivity index (χ4v) is 3.41. The highest BCUT2D eigenvalue weighted by Gasteiger charge is 2.14. The molecule has 0 aliphatic rings. The number of aromatic nitrogens is 5. The van der Waals surface area contributed by atoms with Gasteiger partial charge in [-0.15, -0.1) is 0 Å². The molecule has 0 bridgehead atoms. The van der Waals surface area contributed by atoms with Gasteiger partial charge < -0.3 is 5.32 Å². The van der Waals surface area contributed by atoms with Crippen LogP contribution in [0.4, 0.5) is 5.82 Å². The molecule has 0 unspecified atom stereocenters. The summed E-state index contributed by atoms with van der Waals surface area (Å²) in [5.74, 6) is 1.64. The maximum Gasteiger partial charge on any atom is 0.160 e. The Morgan fingerprint density at radius 3 is 2.58 bits per heavy atom. The zero-order valence-corrected chi connectivity index (χ0v) is 18.6. The summed E-state index contributed by atoms with van der Waals surface area (Å²) in [6.07, 6.45) is 6.74. The number of nitrogens with zero attached hydrogens (tertiary/aromatic N) is 5. The molecule has 0 saturated heterocycles. The van der Waals surface area contributed by atoms with Crippen LogP contribution < -0.4 is 5.32 Å². The van der Waals surface area contributed by atoms with Crippen LogP contribution >= 0.6 is 13.5 Å². The van der Waals surface area contributed by atoms with Crippen molar-refractivity contribution in [1.82, 2.24) is 24.9 Å². The molecule has 0 spiro atoms. The van der Waals surface area contributed by atoms with Crippen LogP contribution in [0.2, 0.25) is 0 Å². The van der Waals surface area contributed by atoms with Gasteiger partial charge in [0.15, 0.2) is 5.78 Å². The van der Waals surface area contributed by atoms with E-state index in [1.165, 1.54) is 6.33 Å². The van der Waals surface area contributed by atoms with Crippen molar-refractivity contribution >= 4 is 36.0 Å². The summed E-state index contributed by atoms with van der Waals surface area (Å²) in [7, 11) is 0. The molecule has 1 atom stereocenters. The van der Waals surface area contributed by atoms with Gasteiger partial charge in [-0.3, -0.25) is 9.78 Å². The lowest BCUT2D eigenvalue weighted by Crippen LogP contribution is -2.12. The molecule has 0 saturated carbocycles. The maximum absolute atomic E-state index is 12.0. The molecular weight excluding hydrogens is 408 g/mol. The van der Waals surface area contributed by atoms with Crippen LogP contribution in [0.25, 0.3) is 22.2 Å². The molecule has 1 N–H and O–H groups in total. The van der Waals surface area contributed by atoms with E-state index < -0.39 is 0 Å². The molecule has 4 rings (SSSR count). The van der Waals surface area contributed by atoms with Crippen molar-refractivity contribution in [2.24, 2.45) is 0 Å². The third kappa shape index (κ3) is 4.86. The van der Waals surface area contributed by atoms with Crippen molar-refractivity contribution in [3.63, 3.8) is 0 Å². The predicted octanol–water partition coefficient (Wildman–Crippen LogP) is 4.32. The van der Waals surface area contributed by atoms with Crippen molar-refractivity contribution in [2.45, 2.75) is 26.7 Å². The van der Waals surface area contributed by atoms with Crippen LogP contribution in [-0.2, 0) is 0 Å². The van der Waals surface area contributed by atoms with Gasteiger partial charge in [-0.2, -0.15) is 13.5 Å². The first kappa shape index (κ1) is 22.3. The van der Waals surface area contributed by atoms with Crippen molar-refractivity contribution < 1.29 is 4.79 Å². The molecule has 0 aliphatic heterocycles. The van der Waals surface area contributed by atoms with Crippen molar-refractivity contribution in [3.05, 3.63) is 72.2 Å². The average molecular weight is 433 g/mol. The number of nitrogens with one attached hydrogen (secondary N) is 1. The Hall–Kier alpha value is -3.39. The standard InChI is InChI=1S/C23H22N6O.H2S/c1-14(18-5-4-6-20-19(15(2)30)7-8-24-23(18)20)10-27-22-9-21(28-13-29-22)17-11-25-16(3)26-12-17;/h4-9,11-14H,10H2,1-3H3,(H,27,28,29);1H2/t14-;/m1./s1. The summed E-state index contributed by atoms with van der Waals surface area (Å²) in [6, 6.07) is 9.64. The number of hydrogen-bond acceptors (Lipinski definition) is 7. The topological polar surface area (TPSA) is 93.6 Å². The lowest BCUT2D eigenvalue weighted by molar-refractivity contribution is 0.101. The number of Topliss-reactive ketones (excluding diaryl/α,β-unsaturated/α-hetero) is 1. The van der Waals surface area contributed by atoms with E-state index >= 15 is 0 Å². The van der Waals surface area contributed by atoms with E-state index in [-0.39, 0.29) is 25.2 Å². The van der Waals surface area contributed by atoms with Crippen LogP contribution in [-0.4, -0.2) is 37.2 Å². The molecule has 3 heterocycles. The number of aryl methyl sites for hydroxylation is 1. The van der Waals surface area contributed by atoms with Crippen LogP contribution in [0.3, 0.4) is 0 Å².